The number of anilines is 2. The van der Waals surface area contributed by atoms with Crippen molar-refractivity contribution in [1.29, 1.82) is 0 Å². The molecule has 0 unspecified atom stereocenters. The molecule has 0 spiro atoms. The number of ether oxygens (including phenoxy) is 1. The van der Waals surface area contributed by atoms with Gasteiger partial charge < -0.3 is 20.9 Å². The van der Waals surface area contributed by atoms with Crippen LogP contribution in [0.3, 0.4) is 0 Å². The Balaban J connectivity index is 2.32. The molecule has 1 heterocycles. The van der Waals surface area contributed by atoms with Gasteiger partial charge in [0.25, 0.3) is 0 Å². The van der Waals surface area contributed by atoms with Gasteiger partial charge in [0.15, 0.2) is 0 Å². The zero-order chi connectivity index (χ0) is 15.9. The standard InChI is InChI=1S/C16H24N4O2/c1-3-4-5-11(8-9-21)18-15-13-7-6-12(22-2)10-14(13)19-16(17)20-15/h6-7,10-11,21H,3-5,8-9H2,1-2H3,(H3,17,18,19,20)/t11-/m0/s1. The lowest BCUT2D eigenvalue weighted by molar-refractivity contribution is 0.276. The minimum Gasteiger partial charge on any atom is -0.497 e. The fraction of sp³-hybridized carbons (Fsp3) is 0.500. The molecule has 0 fully saturated rings. The number of aliphatic hydroxyl groups excluding tert-OH is 1. The normalized spacial score (nSPS) is 12.3. The molecule has 2 aromatic rings. The molecule has 0 aliphatic carbocycles. The third-order valence-electron chi connectivity index (χ3n) is 3.65. The average Bonchev–Trinajstić information content (AvgIpc) is 2.51. The number of nitrogens with zero attached hydrogens (tertiary/aromatic N) is 2. The molecule has 1 aromatic heterocycles. The first-order valence-corrected chi connectivity index (χ1v) is 7.66. The third kappa shape index (κ3) is 3.98. The molecule has 1 aromatic carbocycles. The number of rotatable bonds is 8. The van der Waals surface area contributed by atoms with Gasteiger partial charge in [-0.1, -0.05) is 19.8 Å². The van der Waals surface area contributed by atoms with E-state index >= 15 is 0 Å². The summed E-state index contributed by atoms with van der Waals surface area (Å²) in [7, 11) is 1.62. The molecule has 6 heteroatoms. The molecular weight excluding hydrogens is 280 g/mol. The highest BCUT2D eigenvalue weighted by Gasteiger charge is 2.13. The Labute approximate surface area is 130 Å². The Bertz CT molecular complexity index is 618. The summed E-state index contributed by atoms with van der Waals surface area (Å²) in [6, 6.07) is 5.81. The number of nitrogens with two attached hydrogens (primary N) is 1. The van der Waals surface area contributed by atoms with Gasteiger partial charge in [-0.05, 0) is 25.0 Å². The highest BCUT2D eigenvalue weighted by molar-refractivity contribution is 5.91. The van der Waals surface area contributed by atoms with Gasteiger partial charge in [-0.25, -0.2) is 4.98 Å². The first-order chi connectivity index (χ1) is 10.7. The number of methoxy groups -OCH3 is 1. The van der Waals surface area contributed by atoms with E-state index in [1.54, 1.807) is 7.11 Å². The number of aromatic nitrogens is 2. The molecule has 0 aliphatic rings. The molecule has 6 nitrogen and oxygen atoms in total. The van der Waals surface area contributed by atoms with Gasteiger partial charge in [-0.2, -0.15) is 4.98 Å². The number of hydrogen-bond donors (Lipinski definition) is 3. The summed E-state index contributed by atoms with van der Waals surface area (Å²) in [5, 5.41) is 13.5. The summed E-state index contributed by atoms with van der Waals surface area (Å²) in [5.74, 6) is 1.66. The van der Waals surface area contributed by atoms with Gasteiger partial charge in [-0.15, -0.1) is 0 Å². The lowest BCUT2D eigenvalue weighted by Gasteiger charge is -2.19. The smallest absolute Gasteiger partial charge is 0.222 e. The summed E-state index contributed by atoms with van der Waals surface area (Å²) < 4.78 is 5.22. The van der Waals surface area contributed by atoms with Crippen LogP contribution in [0.1, 0.15) is 32.6 Å². The maximum Gasteiger partial charge on any atom is 0.222 e. The van der Waals surface area contributed by atoms with Crippen LogP contribution in [0.5, 0.6) is 5.75 Å². The van der Waals surface area contributed by atoms with E-state index in [1.807, 2.05) is 18.2 Å². The summed E-state index contributed by atoms with van der Waals surface area (Å²) in [6.45, 7) is 2.30. The van der Waals surface area contributed by atoms with Gasteiger partial charge in [0, 0.05) is 24.1 Å². The van der Waals surface area contributed by atoms with E-state index in [1.165, 1.54) is 0 Å². The Morgan fingerprint density at radius 2 is 2.14 bits per heavy atom. The minimum atomic E-state index is 0.147. The number of aliphatic hydroxyl groups is 1. The van der Waals surface area contributed by atoms with E-state index in [0.29, 0.717) is 12.2 Å². The number of nitrogen functional groups attached to an aromatic ring is 1. The topological polar surface area (TPSA) is 93.3 Å². The van der Waals surface area contributed by atoms with Gasteiger partial charge in [0.05, 0.1) is 12.6 Å². The predicted molar refractivity (Wildman–Crippen MR) is 89.1 cm³/mol. The van der Waals surface area contributed by atoms with Crippen molar-refractivity contribution in [3.63, 3.8) is 0 Å². The zero-order valence-corrected chi connectivity index (χ0v) is 13.2. The van der Waals surface area contributed by atoms with E-state index < -0.39 is 0 Å². The first kappa shape index (κ1) is 16.3. The zero-order valence-electron chi connectivity index (χ0n) is 13.2. The second kappa shape index (κ2) is 7.79. The van der Waals surface area contributed by atoms with Crippen LogP contribution in [0.25, 0.3) is 10.9 Å². The van der Waals surface area contributed by atoms with Crippen molar-refractivity contribution < 1.29 is 9.84 Å². The van der Waals surface area contributed by atoms with E-state index in [2.05, 4.69) is 22.2 Å². The summed E-state index contributed by atoms with van der Waals surface area (Å²) in [4.78, 5) is 8.58. The highest BCUT2D eigenvalue weighted by atomic mass is 16.5. The van der Waals surface area contributed by atoms with Crippen LogP contribution in [0.4, 0.5) is 11.8 Å². The highest BCUT2D eigenvalue weighted by Crippen LogP contribution is 2.26. The predicted octanol–water partition coefficient (Wildman–Crippen LogP) is 2.57. The Morgan fingerprint density at radius 1 is 1.32 bits per heavy atom. The van der Waals surface area contributed by atoms with Crippen LogP contribution in [-0.2, 0) is 0 Å². The fourth-order valence-corrected chi connectivity index (χ4v) is 2.45. The number of benzene rings is 1. The quantitative estimate of drug-likeness (QED) is 0.694. The van der Waals surface area contributed by atoms with E-state index in [4.69, 9.17) is 10.5 Å². The number of unbranched alkanes of at least 4 members (excludes halogenated alkanes) is 1. The third-order valence-corrected chi connectivity index (χ3v) is 3.65. The summed E-state index contributed by atoms with van der Waals surface area (Å²) in [6.07, 6.45) is 3.89. The molecule has 0 radical (unpaired) electrons. The molecule has 4 N–H and O–H groups in total. The molecule has 0 saturated carbocycles. The van der Waals surface area contributed by atoms with Crippen molar-refractivity contribution in [2.75, 3.05) is 24.8 Å². The van der Waals surface area contributed by atoms with Crippen LogP contribution < -0.4 is 15.8 Å². The molecule has 22 heavy (non-hydrogen) atoms. The minimum absolute atomic E-state index is 0.147. The largest absolute Gasteiger partial charge is 0.497 e. The summed E-state index contributed by atoms with van der Waals surface area (Å²) in [5.41, 5.74) is 6.56. The van der Waals surface area contributed by atoms with Gasteiger partial charge in [0.2, 0.25) is 5.95 Å². The van der Waals surface area contributed by atoms with E-state index in [-0.39, 0.29) is 18.6 Å². The van der Waals surface area contributed by atoms with E-state index in [0.717, 1.165) is 35.9 Å². The van der Waals surface area contributed by atoms with Crippen molar-refractivity contribution in [2.24, 2.45) is 0 Å². The SMILES string of the molecule is CCCC[C@@H](CCO)Nc1nc(N)nc2cc(OC)ccc12. The van der Waals surface area contributed by atoms with E-state index in [9.17, 15) is 5.11 Å². The van der Waals surface area contributed by atoms with Crippen LogP contribution >= 0.6 is 0 Å². The molecule has 0 bridgehead atoms. The Kier molecular flexibility index (Phi) is 5.77. The Morgan fingerprint density at radius 3 is 2.82 bits per heavy atom. The lowest BCUT2D eigenvalue weighted by atomic mass is 10.1. The maximum absolute atomic E-state index is 9.24. The molecule has 0 amide bonds. The Hall–Kier alpha value is -2.08. The van der Waals surface area contributed by atoms with Crippen LogP contribution in [0.2, 0.25) is 0 Å². The van der Waals surface area contributed by atoms with Gasteiger partial charge in [-0.3, -0.25) is 0 Å². The summed E-state index contributed by atoms with van der Waals surface area (Å²) >= 11 is 0. The van der Waals surface area contributed by atoms with Crippen LogP contribution in [0.15, 0.2) is 18.2 Å². The second-order valence-corrected chi connectivity index (χ2v) is 5.31. The van der Waals surface area contributed by atoms with Crippen molar-refractivity contribution in [3.8, 4) is 5.75 Å². The molecule has 2 rings (SSSR count). The fourth-order valence-electron chi connectivity index (χ4n) is 2.45. The number of nitrogens with one attached hydrogen (secondary N) is 1. The maximum atomic E-state index is 9.24. The molecule has 0 aliphatic heterocycles. The number of fused-ring (bicyclic) bond motifs is 1. The van der Waals surface area contributed by atoms with Crippen molar-refractivity contribution >= 4 is 22.7 Å². The molecular formula is C16H24N4O2. The average molecular weight is 304 g/mol. The lowest BCUT2D eigenvalue weighted by Crippen LogP contribution is -2.22. The van der Waals surface area contributed by atoms with Crippen molar-refractivity contribution in [3.05, 3.63) is 18.2 Å². The number of hydrogen-bond acceptors (Lipinski definition) is 6. The van der Waals surface area contributed by atoms with Crippen molar-refractivity contribution in [2.45, 2.75) is 38.6 Å². The monoisotopic (exact) mass is 304 g/mol. The van der Waals surface area contributed by atoms with Crippen LogP contribution in [0, 0.1) is 0 Å². The second-order valence-electron chi connectivity index (χ2n) is 5.31. The van der Waals surface area contributed by atoms with Crippen LogP contribution in [-0.4, -0.2) is 34.8 Å². The molecule has 120 valence electrons. The first-order valence-electron chi connectivity index (χ1n) is 7.66. The molecule has 0 saturated heterocycles. The van der Waals surface area contributed by atoms with Crippen molar-refractivity contribution in [1.82, 2.24) is 9.97 Å². The molecule has 1 atom stereocenters. The van der Waals surface area contributed by atoms with Gasteiger partial charge in [0.1, 0.15) is 11.6 Å². The van der Waals surface area contributed by atoms with Gasteiger partial charge >= 0.3 is 0 Å².